The zero-order chi connectivity index (χ0) is 8.39. The molecule has 1 N–H and O–H groups in total. The highest BCUT2D eigenvalue weighted by Gasteiger charge is 2.21. The SMILES string of the molecule is CN=C1NC(n2cncn2)CS1.Cl.Cl. The van der Waals surface area contributed by atoms with Crippen molar-refractivity contribution in [1.29, 1.82) is 0 Å². The Morgan fingerprint density at radius 1 is 1.64 bits per heavy atom. The second kappa shape index (κ2) is 6.10. The van der Waals surface area contributed by atoms with Crippen molar-refractivity contribution in [3.63, 3.8) is 0 Å². The van der Waals surface area contributed by atoms with Crippen LogP contribution in [-0.2, 0) is 0 Å². The van der Waals surface area contributed by atoms with Gasteiger partial charge in [-0.3, -0.25) is 4.99 Å². The number of nitrogens with zero attached hydrogens (tertiary/aromatic N) is 4. The van der Waals surface area contributed by atoms with Gasteiger partial charge in [0.15, 0.2) is 5.17 Å². The van der Waals surface area contributed by atoms with Crippen molar-refractivity contribution in [2.75, 3.05) is 12.8 Å². The van der Waals surface area contributed by atoms with Crippen molar-refractivity contribution in [3.8, 4) is 0 Å². The molecule has 1 aliphatic rings. The van der Waals surface area contributed by atoms with E-state index in [9.17, 15) is 0 Å². The largest absolute Gasteiger partial charge is 0.342 e. The number of hydrogen-bond donors (Lipinski definition) is 1. The summed E-state index contributed by atoms with van der Waals surface area (Å²) in [7, 11) is 1.78. The van der Waals surface area contributed by atoms with Gasteiger partial charge < -0.3 is 5.32 Å². The van der Waals surface area contributed by atoms with E-state index in [1.54, 1.807) is 29.8 Å². The first-order valence-electron chi connectivity index (χ1n) is 3.60. The van der Waals surface area contributed by atoms with E-state index < -0.39 is 0 Å². The monoisotopic (exact) mass is 255 g/mol. The van der Waals surface area contributed by atoms with Crippen LogP contribution in [0.3, 0.4) is 0 Å². The summed E-state index contributed by atoms with van der Waals surface area (Å²) in [4.78, 5) is 7.93. The van der Waals surface area contributed by atoms with E-state index in [1.165, 1.54) is 6.33 Å². The van der Waals surface area contributed by atoms with Crippen molar-refractivity contribution in [3.05, 3.63) is 12.7 Å². The Morgan fingerprint density at radius 2 is 2.43 bits per heavy atom. The van der Waals surface area contributed by atoms with Gasteiger partial charge in [0.2, 0.25) is 0 Å². The molecule has 5 nitrogen and oxygen atoms in total. The molecule has 0 aliphatic carbocycles. The van der Waals surface area contributed by atoms with Crippen LogP contribution in [0.15, 0.2) is 17.6 Å². The van der Waals surface area contributed by atoms with Crippen LogP contribution in [0.4, 0.5) is 0 Å². The Labute approximate surface area is 98.6 Å². The summed E-state index contributed by atoms with van der Waals surface area (Å²) in [5.41, 5.74) is 0. The minimum absolute atomic E-state index is 0. The molecule has 2 rings (SSSR count). The molecular formula is C6H11Cl2N5S. The fourth-order valence-electron chi connectivity index (χ4n) is 1.03. The Bertz CT molecular complexity index is 288. The fraction of sp³-hybridized carbons (Fsp3) is 0.500. The third-order valence-electron chi connectivity index (χ3n) is 1.63. The quantitative estimate of drug-likeness (QED) is 0.812. The number of aliphatic imine (C=N–C) groups is 1. The Morgan fingerprint density at radius 3 is 2.93 bits per heavy atom. The molecule has 0 saturated carbocycles. The zero-order valence-corrected chi connectivity index (χ0v) is 9.90. The third-order valence-corrected chi connectivity index (χ3v) is 2.68. The lowest BCUT2D eigenvalue weighted by atomic mass is 10.6. The van der Waals surface area contributed by atoms with E-state index in [4.69, 9.17) is 0 Å². The smallest absolute Gasteiger partial charge is 0.158 e. The van der Waals surface area contributed by atoms with Crippen LogP contribution in [0.2, 0.25) is 0 Å². The second-order valence-electron chi connectivity index (χ2n) is 2.38. The molecule has 0 radical (unpaired) electrons. The minimum atomic E-state index is 0. The number of hydrogen-bond acceptors (Lipinski definition) is 4. The molecule has 0 bridgehead atoms. The Balaban J connectivity index is 0.000000845. The number of nitrogens with one attached hydrogen (secondary N) is 1. The van der Waals surface area contributed by atoms with Crippen LogP contribution in [0.1, 0.15) is 6.17 Å². The predicted molar refractivity (Wildman–Crippen MR) is 62.5 cm³/mol. The van der Waals surface area contributed by atoms with E-state index in [2.05, 4.69) is 20.4 Å². The number of halogens is 2. The Kier molecular flexibility index (Phi) is 5.90. The topological polar surface area (TPSA) is 55.1 Å². The van der Waals surface area contributed by atoms with E-state index >= 15 is 0 Å². The minimum Gasteiger partial charge on any atom is -0.342 e. The van der Waals surface area contributed by atoms with Crippen LogP contribution in [-0.4, -0.2) is 32.7 Å². The molecule has 1 fully saturated rings. The molecule has 1 atom stereocenters. The fourth-order valence-corrected chi connectivity index (χ4v) is 1.93. The number of amidine groups is 1. The van der Waals surface area contributed by atoms with Crippen molar-refractivity contribution >= 4 is 41.7 Å². The van der Waals surface area contributed by atoms with Crippen molar-refractivity contribution in [1.82, 2.24) is 20.1 Å². The van der Waals surface area contributed by atoms with Crippen LogP contribution in [0, 0.1) is 0 Å². The molecule has 0 amide bonds. The van der Waals surface area contributed by atoms with Crippen LogP contribution < -0.4 is 5.32 Å². The van der Waals surface area contributed by atoms with Crippen LogP contribution >= 0.6 is 36.6 Å². The van der Waals surface area contributed by atoms with E-state index in [-0.39, 0.29) is 31.0 Å². The summed E-state index contributed by atoms with van der Waals surface area (Å²) in [6.07, 6.45) is 3.45. The maximum absolute atomic E-state index is 4.05. The van der Waals surface area contributed by atoms with Gasteiger partial charge in [-0.15, -0.1) is 24.8 Å². The molecule has 1 aromatic heterocycles. The molecule has 14 heavy (non-hydrogen) atoms. The maximum Gasteiger partial charge on any atom is 0.158 e. The highest BCUT2D eigenvalue weighted by molar-refractivity contribution is 8.14. The maximum atomic E-state index is 4.05. The second-order valence-corrected chi connectivity index (χ2v) is 3.38. The van der Waals surface area contributed by atoms with Gasteiger partial charge in [-0.25, -0.2) is 9.67 Å². The third kappa shape index (κ3) is 2.76. The zero-order valence-electron chi connectivity index (χ0n) is 7.45. The highest BCUT2D eigenvalue weighted by Crippen LogP contribution is 2.19. The van der Waals surface area contributed by atoms with E-state index in [0.717, 1.165) is 10.9 Å². The van der Waals surface area contributed by atoms with Gasteiger partial charge in [-0.1, -0.05) is 11.8 Å². The van der Waals surface area contributed by atoms with Gasteiger partial charge in [-0.2, -0.15) is 5.10 Å². The number of aromatic nitrogens is 3. The normalized spacial score (nSPS) is 22.4. The lowest BCUT2D eigenvalue weighted by Gasteiger charge is -2.08. The summed E-state index contributed by atoms with van der Waals surface area (Å²) in [6.45, 7) is 0. The van der Waals surface area contributed by atoms with Crippen molar-refractivity contribution in [2.45, 2.75) is 6.17 Å². The summed E-state index contributed by atoms with van der Waals surface area (Å²) in [6, 6.07) is 0. The van der Waals surface area contributed by atoms with Gasteiger partial charge in [0, 0.05) is 12.8 Å². The predicted octanol–water partition coefficient (Wildman–Crippen LogP) is 0.942. The van der Waals surface area contributed by atoms with Gasteiger partial charge >= 0.3 is 0 Å². The van der Waals surface area contributed by atoms with Crippen molar-refractivity contribution in [2.24, 2.45) is 4.99 Å². The van der Waals surface area contributed by atoms with Gasteiger partial charge in [0.25, 0.3) is 0 Å². The molecule has 1 aliphatic heterocycles. The van der Waals surface area contributed by atoms with Gasteiger partial charge in [0.05, 0.1) is 0 Å². The standard InChI is InChI=1S/C6H9N5S.2ClH/c1-7-6-10-5(2-12-6)11-4-8-3-9-11;;/h3-5H,2H2,1H3,(H,7,10);2*1H. The number of rotatable bonds is 1. The highest BCUT2D eigenvalue weighted by atomic mass is 35.5. The average molecular weight is 256 g/mol. The van der Waals surface area contributed by atoms with E-state index in [0.29, 0.717) is 0 Å². The molecule has 2 heterocycles. The molecule has 1 saturated heterocycles. The summed E-state index contributed by atoms with van der Waals surface area (Å²) in [5, 5.41) is 8.23. The lowest BCUT2D eigenvalue weighted by Crippen LogP contribution is -2.25. The van der Waals surface area contributed by atoms with Crippen LogP contribution in [0.25, 0.3) is 0 Å². The summed E-state index contributed by atoms with van der Waals surface area (Å²) in [5.74, 6) is 0.954. The lowest BCUT2D eigenvalue weighted by molar-refractivity contribution is 0.479. The molecule has 0 aromatic carbocycles. The first-order valence-corrected chi connectivity index (χ1v) is 4.59. The summed E-state index contributed by atoms with van der Waals surface area (Å²) >= 11 is 1.70. The van der Waals surface area contributed by atoms with Gasteiger partial charge in [-0.05, 0) is 0 Å². The average Bonchev–Trinajstić information content (AvgIpc) is 2.75. The van der Waals surface area contributed by atoms with Gasteiger partial charge in [0.1, 0.15) is 18.8 Å². The molecule has 80 valence electrons. The number of thioether (sulfide) groups is 1. The first kappa shape index (κ1) is 13.5. The van der Waals surface area contributed by atoms with Crippen LogP contribution in [0.5, 0.6) is 0 Å². The molecule has 1 unspecified atom stereocenters. The molecule has 0 spiro atoms. The van der Waals surface area contributed by atoms with E-state index in [1.807, 2.05) is 0 Å². The first-order chi connectivity index (χ1) is 5.90. The Hall–Kier alpha value is -0.460. The molecule has 8 heteroatoms. The van der Waals surface area contributed by atoms with Crippen molar-refractivity contribution < 1.29 is 0 Å². The molecule has 1 aromatic rings. The molecular weight excluding hydrogens is 245 g/mol. The summed E-state index contributed by atoms with van der Waals surface area (Å²) < 4.78 is 1.80.